The van der Waals surface area contributed by atoms with Crippen LogP contribution in [0.4, 0.5) is 37.0 Å². The summed E-state index contributed by atoms with van der Waals surface area (Å²) in [6.45, 7) is 4.59. The minimum Gasteiger partial charge on any atom is -0.487 e. The van der Waals surface area contributed by atoms with Crippen LogP contribution in [-0.2, 0) is 9.53 Å². The number of hydrogen-bond donors (Lipinski definition) is 2. The summed E-state index contributed by atoms with van der Waals surface area (Å²) >= 11 is 0. The lowest BCUT2D eigenvalue weighted by Crippen LogP contribution is -2.49. The third-order valence-electron chi connectivity index (χ3n) is 4.50. The number of hydrogen-bond acceptors (Lipinski definition) is 6. The zero-order chi connectivity index (χ0) is 27.8. The van der Waals surface area contributed by atoms with Gasteiger partial charge >= 0.3 is 24.5 Å². The average Bonchev–Trinajstić information content (AvgIpc) is 2.77. The SMILES string of the molecule is Cc1cc(C)nc(NC(=O)N2CCOC(COc3ccccc3OC(F)(F)F)C2)c1.O=C(O)C(F)(F)F. The molecule has 0 radical (unpaired) electrons. The van der Waals surface area contributed by atoms with E-state index >= 15 is 0 Å². The van der Waals surface area contributed by atoms with Gasteiger partial charge in [0.1, 0.15) is 18.5 Å². The fourth-order valence-electron chi connectivity index (χ4n) is 3.06. The van der Waals surface area contributed by atoms with Crippen molar-refractivity contribution in [1.29, 1.82) is 0 Å². The number of ether oxygens (including phenoxy) is 3. The van der Waals surface area contributed by atoms with Crippen molar-refractivity contribution < 1.29 is 55.2 Å². The molecule has 9 nitrogen and oxygen atoms in total. The first-order chi connectivity index (χ1) is 17.1. The van der Waals surface area contributed by atoms with Gasteiger partial charge in [-0.2, -0.15) is 13.2 Å². The molecule has 15 heteroatoms. The maximum absolute atomic E-state index is 12.6. The Bertz CT molecular complexity index is 1060. The van der Waals surface area contributed by atoms with Crippen LogP contribution in [0, 0.1) is 13.8 Å². The Morgan fingerprint density at radius 3 is 2.32 bits per heavy atom. The molecule has 0 saturated carbocycles. The number of carboxylic acids is 1. The molecule has 1 aromatic carbocycles. The molecule has 37 heavy (non-hydrogen) atoms. The van der Waals surface area contributed by atoms with Crippen molar-refractivity contribution >= 4 is 17.8 Å². The Balaban J connectivity index is 0.000000604. The highest BCUT2D eigenvalue weighted by molar-refractivity contribution is 5.88. The van der Waals surface area contributed by atoms with Crippen LogP contribution in [0.5, 0.6) is 11.5 Å². The van der Waals surface area contributed by atoms with Gasteiger partial charge in [-0.15, -0.1) is 13.2 Å². The molecule has 0 spiro atoms. The van der Waals surface area contributed by atoms with Crippen molar-refractivity contribution in [2.45, 2.75) is 32.5 Å². The third-order valence-corrected chi connectivity index (χ3v) is 4.50. The summed E-state index contributed by atoms with van der Waals surface area (Å²) in [7, 11) is 0. The number of aryl methyl sites for hydroxylation is 2. The van der Waals surface area contributed by atoms with E-state index in [0.717, 1.165) is 11.3 Å². The molecule has 1 atom stereocenters. The van der Waals surface area contributed by atoms with Gasteiger partial charge in [0, 0.05) is 12.2 Å². The van der Waals surface area contributed by atoms with Gasteiger partial charge in [-0.25, -0.2) is 14.6 Å². The van der Waals surface area contributed by atoms with Crippen molar-refractivity contribution in [1.82, 2.24) is 9.88 Å². The quantitative estimate of drug-likeness (QED) is 0.537. The number of benzene rings is 1. The van der Waals surface area contributed by atoms with Crippen LogP contribution >= 0.6 is 0 Å². The van der Waals surface area contributed by atoms with Gasteiger partial charge in [0.25, 0.3) is 0 Å². The molecule has 1 aliphatic heterocycles. The number of aromatic nitrogens is 1. The fraction of sp³-hybridized carbons (Fsp3) is 0.409. The van der Waals surface area contributed by atoms with E-state index in [4.69, 9.17) is 19.4 Å². The number of para-hydroxylation sites is 2. The monoisotopic (exact) mass is 539 g/mol. The molecular formula is C22H23F6N3O6. The Kier molecular flexibility index (Phi) is 9.94. The molecular weight excluding hydrogens is 516 g/mol. The zero-order valence-electron chi connectivity index (χ0n) is 19.5. The first-order valence-electron chi connectivity index (χ1n) is 10.5. The normalized spacial score (nSPS) is 15.8. The Labute approximate surface area is 206 Å². The van der Waals surface area contributed by atoms with Gasteiger partial charge in [-0.3, -0.25) is 5.32 Å². The van der Waals surface area contributed by atoms with E-state index in [1.165, 1.54) is 24.3 Å². The topological polar surface area (TPSA) is 110 Å². The summed E-state index contributed by atoms with van der Waals surface area (Å²) in [6.07, 6.45) is -10.4. The summed E-state index contributed by atoms with van der Waals surface area (Å²) in [6, 6.07) is 8.83. The number of pyridine rings is 1. The van der Waals surface area contributed by atoms with Crippen LogP contribution in [0.15, 0.2) is 36.4 Å². The van der Waals surface area contributed by atoms with Gasteiger partial charge in [0.05, 0.1) is 13.2 Å². The summed E-state index contributed by atoms with van der Waals surface area (Å²) in [4.78, 5) is 27.3. The standard InChI is InChI=1S/C20H22F3N3O4.C2HF3O2/c1-13-9-14(2)24-18(10-13)25-19(27)26-7-8-28-15(11-26)12-29-16-5-3-4-6-17(16)30-20(21,22)23;3-2(4,5)1(6)7/h3-6,9-10,15H,7-8,11-12H2,1-2H3,(H,24,25,27);(H,6,7). The number of nitrogens with zero attached hydrogens (tertiary/aromatic N) is 2. The van der Waals surface area contributed by atoms with Gasteiger partial charge in [0.15, 0.2) is 11.5 Å². The van der Waals surface area contributed by atoms with Crippen molar-refractivity contribution in [3.63, 3.8) is 0 Å². The second kappa shape index (κ2) is 12.5. The lowest BCUT2D eigenvalue weighted by molar-refractivity contribution is -0.275. The van der Waals surface area contributed by atoms with Crippen LogP contribution in [0.3, 0.4) is 0 Å². The number of anilines is 1. The minimum absolute atomic E-state index is 0.0379. The predicted molar refractivity (Wildman–Crippen MR) is 116 cm³/mol. The molecule has 1 fully saturated rings. The molecule has 204 valence electrons. The molecule has 1 aromatic heterocycles. The molecule has 2 aromatic rings. The second-order valence-corrected chi connectivity index (χ2v) is 7.65. The molecule has 2 N–H and O–H groups in total. The van der Waals surface area contributed by atoms with Gasteiger partial charge in [-0.1, -0.05) is 12.1 Å². The molecule has 1 unspecified atom stereocenters. The largest absolute Gasteiger partial charge is 0.573 e. The van der Waals surface area contributed by atoms with Crippen molar-refractivity contribution in [3.05, 3.63) is 47.7 Å². The van der Waals surface area contributed by atoms with Crippen LogP contribution < -0.4 is 14.8 Å². The highest BCUT2D eigenvalue weighted by Crippen LogP contribution is 2.32. The van der Waals surface area contributed by atoms with E-state index in [1.807, 2.05) is 19.9 Å². The van der Waals surface area contributed by atoms with Gasteiger partial charge in [-0.05, 0) is 43.7 Å². The summed E-state index contributed by atoms with van der Waals surface area (Å²) in [5.74, 6) is -2.79. The summed E-state index contributed by atoms with van der Waals surface area (Å²) < 4.78 is 84.3. The fourth-order valence-corrected chi connectivity index (χ4v) is 3.06. The van der Waals surface area contributed by atoms with Crippen molar-refractivity contribution in [2.75, 3.05) is 31.6 Å². The molecule has 0 aliphatic carbocycles. The summed E-state index contributed by atoms with van der Waals surface area (Å²) in [5, 5.41) is 9.88. The predicted octanol–water partition coefficient (Wildman–Crippen LogP) is 4.54. The third kappa shape index (κ3) is 10.4. The number of carbonyl (C=O) groups is 2. The van der Waals surface area contributed by atoms with Crippen LogP contribution in [0.2, 0.25) is 0 Å². The first kappa shape index (κ1) is 29.5. The molecule has 3 rings (SSSR count). The van der Waals surface area contributed by atoms with E-state index in [0.29, 0.717) is 12.4 Å². The number of carboxylic acid groups (broad SMARTS) is 1. The number of nitrogens with one attached hydrogen (secondary N) is 1. The number of aliphatic carboxylic acids is 1. The lowest BCUT2D eigenvalue weighted by Gasteiger charge is -2.32. The Hall–Kier alpha value is -3.75. The van der Waals surface area contributed by atoms with E-state index in [-0.39, 0.29) is 31.5 Å². The number of amides is 2. The van der Waals surface area contributed by atoms with Crippen molar-refractivity contribution in [3.8, 4) is 11.5 Å². The van der Waals surface area contributed by atoms with Gasteiger partial charge in [0.2, 0.25) is 0 Å². The molecule has 1 saturated heterocycles. The Morgan fingerprint density at radius 2 is 1.76 bits per heavy atom. The van der Waals surface area contributed by atoms with Crippen LogP contribution in [-0.4, -0.2) is 71.9 Å². The van der Waals surface area contributed by atoms with E-state index in [1.54, 1.807) is 11.0 Å². The highest BCUT2D eigenvalue weighted by Gasteiger charge is 2.38. The zero-order valence-corrected chi connectivity index (χ0v) is 19.5. The van der Waals surface area contributed by atoms with Crippen molar-refractivity contribution in [2.24, 2.45) is 0 Å². The first-order valence-corrected chi connectivity index (χ1v) is 10.5. The number of carbonyl (C=O) groups excluding carboxylic acids is 1. The average molecular weight is 539 g/mol. The van der Waals surface area contributed by atoms with Crippen LogP contribution in [0.1, 0.15) is 11.3 Å². The number of urea groups is 1. The molecule has 1 aliphatic rings. The number of rotatable bonds is 5. The van der Waals surface area contributed by atoms with Crippen LogP contribution in [0.25, 0.3) is 0 Å². The van der Waals surface area contributed by atoms with E-state index in [2.05, 4.69) is 15.0 Å². The maximum atomic E-state index is 12.6. The number of morpholine rings is 1. The smallest absolute Gasteiger partial charge is 0.487 e. The molecule has 2 heterocycles. The summed E-state index contributed by atoms with van der Waals surface area (Å²) in [5.41, 5.74) is 1.77. The second-order valence-electron chi connectivity index (χ2n) is 7.65. The maximum Gasteiger partial charge on any atom is 0.573 e. The van der Waals surface area contributed by atoms with E-state index in [9.17, 15) is 31.1 Å². The number of alkyl halides is 6. The molecule has 0 bridgehead atoms. The molecule has 2 amide bonds. The van der Waals surface area contributed by atoms with Gasteiger partial charge < -0.3 is 24.2 Å². The Morgan fingerprint density at radius 1 is 1.14 bits per heavy atom. The highest BCUT2D eigenvalue weighted by atomic mass is 19.4. The lowest BCUT2D eigenvalue weighted by atomic mass is 10.2. The number of halogens is 6. The minimum atomic E-state index is -5.08. The van der Waals surface area contributed by atoms with E-state index < -0.39 is 30.4 Å².